The first kappa shape index (κ1) is 12.4. The number of hydrogen-bond acceptors (Lipinski definition) is 4. The lowest BCUT2D eigenvalue weighted by molar-refractivity contribution is -0.385. The molecule has 1 unspecified atom stereocenters. The molecule has 0 spiro atoms. The van der Waals surface area contributed by atoms with E-state index in [-0.39, 0.29) is 17.7 Å². The number of nitro benzene ring substituents is 1. The minimum absolute atomic E-state index is 0.133. The molecule has 0 radical (unpaired) electrons. The maximum absolute atomic E-state index is 10.7. The van der Waals surface area contributed by atoms with Gasteiger partial charge in [0, 0.05) is 23.1 Å². The van der Waals surface area contributed by atoms with Gasteiger partial charge in [-0.25, -0.2) is 0 Å². The molecule has 1 aromatic rings. The summed E-state index contributed by atoms with van der Waals surface area (Å²) < 4.78 is 0. The molecule has 0 aliphatic rings. The lowest BCUT2D eigenvalue weighted by atomic mass is 10.0. The summed E-state index contributed by atoms with van der Waals surface area (Å²) in [6.45, 7) is 0. The number of carboxylic acid groups (broad SMARTS) is 1. The van der Waals surface area contributed by atoms with Crippen molar-refractivity contribution in [3.8, 4) is 0 Å². The van der Waals surface area contributed by atoms with Crippen LogP contribution in [0.5, 0.6) is 0 Å². The van der Waals surface area contributed by atoms with Crippen molar-refractivity contribution in [1.29, 1.82) is 0 Å². The van der Waals surface area contributed by atoms with Crippen molar-refractivity contribution in [1.82, 2.24) is 0 Å². The fourth-order valence-electron chi connectivity index (χ4n) is 1.22. The normalized spacial score (nSPS) is 12.1. The number of carbonyl (C=O) groups is 1. The van der Waals surface area contributed by atoms with Crippen molar-refractivity contribution in [3.05, 3.63) is 38.9 Å². The topological polar surface area (TPSA) is 106 Å². The van der Waals surface area contributed by atoms with E-state index < -0.39 is 16.9 Å². The van der Waals surface area contributed by atoms with Gasteiger partial charge < -0.3 is 10.8 Å². The van der Waals surface area contributed by atoms with Crippen LogP contribution >= 0.6 is 11.6 Å². The second-order valence-electron chi connectivity index (χ2n) is 3.18. The van der Waals surface area contributed by atoms with Crippen LogP contribution in [0.4, 0.5) is 5.69 Å². The lowest BCUT2D eigenvalue weighted by Crippen LogP contribution is -2.32. The van der Waals surface area contributed by atoms with Crippen LogP contribution in [-0.2, 0) is 11.2 Å². The molecular weight excluding hydrogens is 236 g/mol. The van der Waals surface area contributed by atoms with Crippen LogP contribution < -0.4 is 5.73 Å². The molecule has 1 atom stereocenters. The molecule has 0 aliphatic heterocycles. The molecule has 7 heteroatoms. The molecule has 0 aliphatic carbocycles. The molecule has 16 heavy (non-hydrogen) atoms. The molecule has 0 aromatic heterocycles. The van der Waals surface area contributed by atoms with Gasteiger partial charge in [0.05, 0.1) is 4.92 Å². The summed E-state index contributed by atoms with van der Waals surface area (Å²) in [6, 6.07) is 2.77. The third-order valence-corrected chi connectivity index (χ3v) is 2.23. The van der Waals surface area contributed by atoms with Crippen LogP contribution in [0.1, 0.15) is 5.56 Å². The summed E-state index contributed by atoms with van der Waals surface area (Å²) in [5.41, 5.74) is 5.34. The van der Waals surface area contributed by atoms with Gasteiger partial charge in [-0.3, -0.25) is 14.9 Å². The Morgan fingerprint density at radius 3 is 2.75 bits per heavy atom. The van der Waals surface area contributed by atoms with Crippen LogP contribution in [0.2, 0.25) is 5.02 Å². The second kappa shape index (κ2) is 4.91. The molecule has 3 N–H and O–H groups in total. The average Bonchev–Trinajstić information content (AvgIpc) is 2.16. The zero-order valence-corrected chi connectivity index (χ0v) is 8.85. The van der Waals surface area contributed by atoms with Gasteiger partial charge in [-0.15, -0.1) is 0 Å². The minimum atomic E-state index is -1.21. The van der Waals surface area contributed by atoms with Gasteiger partial charge in [0.15, 0.2) is 0 Å². The zero-order valence-electron chi connectivity index (χ0n) is 8.09. The summed E-state index contributed by atoms with van der Waals surface area (Å²) in [5, 5.41) is 19.6. The van der Waals surface area contributed by atoms with Gasteiger partial charge in [-0.1, -0.05) is 11.6 Å². The largest absolute Gasteiger partial charge is 0.480 e. The highest BCUT2D eigenvalue weighted by Crippen LogP contribution is 2.23. The van der Waals surface area contributed by atoms with E-state index >= 15 is 0 Å². The number of aliphatic carboxylic acids is 1. The Balaban J connectivity index is 3.05. The number of carboxylic acids is 1. The molecular formula is C9H9ClN2O4. The minimum Gasteiger partial charge on any atom is -0.480 e. The van der Waals surface area contributed by atoms with Crippen molar-refractivity contribution >= 4 is 23.3 Å². The Morgan fingerprint density at radius 2 is 2.25 bits per heavy atom. The van der Waals surface area contributed by atoms with Crippen LogP contribution in [0.15, 0.2) is 18.2 Å². The van der Waals surface area contributed by atoms with Crippen LogP contribution in [0, 0.1) is 10.1 Å². The Morgan fingerprint density at radius 1 is 1.62 bits per heavy atom. The molecule has 0 fully saturated rings. The van der Waals surface area contributed by atoms with E-state index in [9.17, 15) is 14.9 Å². The Bertz CT molecular complexity index is 436. The van der Waals surface area contributed by atoms with Gasteiger partial charge >= 0.3 is 5.97 Å². The monoisotopic (exact) mass is 244 g/mol. The number of nitrogens with two attached hydrogens (primary N) is 1. The molecule has 0 bridgehead atoms. The van der Waals surface area contributed by atoms with E-state index in [1.54, 1.807) is 0 Å². The van der Waals surface area contributed by atoms with Gasteiger partial charge in [0.1, 0.15) is 6.04 Å². The lowest BCUT2D eigenvalue weighted by Gasteiger charge is -2.07. The number of rotatable bonds is 4. The predicted octanol–water partition coefficient (Wildman–Crippen LogP) is 1.20. The van der Waals surface area contributed by atoms with Crippen molar-refractivity contribution in [2.24, 2.45) is 5.73 Å². The molecule has 0 saturated heterocycles. The molecule has 0 amide bonds. The van der Waals surface area contributed by atoms with Gasteiger partial charge in [-0.2, -0.15) is 0 Å². The highest BCUT2D eigenvalue weighted by molar-refractivity contribution is 6.30. The number of halogens is 1. The van der Waals surface area contributed by atoms with Crippen LogP contribution in [0.3, 0.4) is 0 Å². The van der Waals surface area contributed by atoms with Gasteiger partial charge in [0.2, 0.25) is 0 Å². The highest BCUT2D eigenvalue weighted by Gasteiger charge is 2.19. The van der Waals surface area contributed by atoms with E-state index in [0.717, 1.165) is 0 Å². The number of nitro groups is 1. The van der Waals surface area contributed by atoms with Gasteiger partial charge in [0.25, 0.3) is 5.69 Å². The Labute approximate surface area is 95.8 Å². The predicted molar refractivity (Wildman–Crippen MR) is 57.4 cm³/mol. The van der Waals surface area contributed by atoms with E-state index in [2.05, 4.69) is 0 Å². The summed E-state index contributed by atoms with van der Waals surface area (Å²) in [5.74, 6) is -1.21. The molecule has 1 aromatic carbocycles. The third kappa shape index (κ3) is 2.91. The highest BCUT2D eigenvalue weighted by atomic mass is 35.5. The first-order valence-corrected chi connectivity index (χ1v) is 4.71. The van der Waals surface area contributed by atoms with Gasteiger partial charge in [-0.05, 0) is 12.1 Å². The zero-order chi connectivity index (χ0) is 12.3. The second-order valence-corrected chi connectivity index (χ2v) is 3.62. The van der Waals surface area contributed by atoms with Crippen molar-refractivity contribution in [3.63, 3.8) is 0 Å². The van der Waals surface area contributed by atoms with Crippen molar-refractivity contribution < 1.29 is 14.8 Å². The quantitative estimate of drug-likeness (QED) is 0.611. The number of hydrogen-bond donors (Lipinski definition) is 2. The number of benzene rings is 1. The van der Waals surface area contributed by atoms with E-state index in [4.69, 9.17) is 22.4 Å². The smallest absolute Gasteiger partial charge is 0.320 e. The van der Waals surface area contributed by atoms with E-state index in [1.165, 1.54) is 18.2 Å². The summed E-state index contributed by atoms with van der Waals surface area (Å²) in [6.07, 6.45) is -0.133. The average molecular weight is 245 g/mol. The fourth-order valence-corrected chi connectivity index (χ4v) is 1.41. The van der Waals surface area contributed by atoms with E-state index in [0.29, 0.717) is 5.02 Å². The SMILES string of the molecule is NC(Cc1cc(Cl)ccc1[N+](=O)[O-])C(=O)O. The van der Waals surface area contributed by atoms with Crippen molar-refractivity contribution in [2.45, 2.75) is 12.5 Å². The Hall–Kier alpha value is -1.66. The summed E-state index contributed by atoms with van der Waals surface area (Å²) in [7, 11) is 0. The maximum Gasteiger partial charge on any atom is 0.320 e. The first-order chi connectivity index (χ1) is 7.41. The molecule has 86 valence electrons. The summed E-state index contributed by atoms with van der Waals surface area (Å²) >= 11 is 5.67. The summed E-state index contributed by atoms with van der Waals surface area (Å²) in [4.78, 5) is 20.6. The van der Waals surface area contributed by atoms with Crippen molar-refractivity contribution in [2.75, 3.05) is 0 Å². The van der Waals surface area contributed by atoms with E-state index in [1.807, 2.05) is 0 Å². The first-order valence-electron chi connectivity index (χ1n) is 4.33. The van der Waals surface area contributed by atoms with Crippen LogP contribution in [-0.4, -0.2) is 22.0 Å². The molecule has 6 nitrogen and oxygen atoms in total. The molecule has 1 rings (SSSR count). The fraction of sp³-hybridized carbons (Fsp3) is 0.222. The molecule has 0 saturated carbocycles. The third-order valence-electron chi connectivity index (χ3n) is 2.00. The Kier molecular flexibility index (Phi) is 3.81. The standard InChI is InChI=1S/C9H9ClN2O4/c10-6-1-2-8(12(15)16)5(3-6)4-7(11)9(13)14/h1-3,7H,4,11H2,(H,13,14). The van der Waals surface area contributed by atoms with Crippen LogP contribution in [0.25, 0.3) is 0 Å². The molecule has 0 heterocycles. The number of nitrogens with zero attached hydrogens (tertiary/aromatic N) is 1. The maximum atomic E-state index is 10.7.